The van der Waals surface area contributed by atoms with Crippen molar-refractivity contribution >= 4 is 40.8 Å². The standard InChI is InChI=1S/C28H26Cl2N2O5/c1-2-14-10-16(8-9-18(14)28(34)35)32-17-11-19(27(32)33)23(12-17)36-13-20-25(31-37-26(20)15-6-7-15)24-21(29)4-3-5-22(24)30/h3-5,8-10,15,17,19,23H,2,6-7,11-13H2,1H3,(H,34,35)/t17-,19+,23+/m0/s1. The van der Waals surface area contributed by atoms with Crippen LogP contribution < -0.4 is 4.90 Å². The molecule has 1 aliphatic heterocycles. The summed E-state index contributed by atoms with van der Waals surface area (Å²) in [4.78, 5) is 26.7. The quantitative estimate of drug-likeness (QED) is 0.350. The Morgan fingerprint density at radius 2 is 1.95 bits per heavy atom. The molecule has 3 fully saturated rings. The van der Waals surface area contributed by atoms with E-state index in [9.17, 15) is 14.7 Å². The number of amides is 1. The molecule has 1 N–H and O–H groups in total. The summed E-state index contributed by atoms with van der Waals surface area (Å²) in [5, 5.41) is 14.8. The van der Waals surface area contributed by atoms with Gasteiger partial charge in [0.05, 0.1) is 34.2 Å². The zero-order chi connectivity index (χ0) is 25.8. The number of carboxylic acids is 1. The number of rotatable bonds is 8. The molecule has 7 nitrogen and oxygen atoms in total. The second-order valence-corrected chi connectivity index (χ2v) is 10.8. The summed E-state index contributed by atoms with van der Waals surface area (Å²) < 4.78 is 12.1. The van der Waals surface area contributed by atoms with Crippen molar-refractivity contribution in [1.29, 1.82) is 0 Å². The Labute approximate surface area is 224 Å². The maximum absolute atomic E-state index is 13.4. The van der Waals surface area contributed by atoms with Crippen LogP contribution in [0.2, 0.25) is 10.0 Å². The predicted molar refractivity (Wildman–Crippen MR) is 139 cm³/mol. The SMILES string of the molecule is CCc1cc(N2C(=O)[C@@H]3C[C@H]2C[C@H]3OCc2c(-c3c(Cl)cccc3Cl)noc2C2CC2)ccc1C(=O)O. The third-order valence-corrected chi connectivity index (χ3v) is 8.42. The van der Waals surface area contributed by atoms with Crippen molar-refractivity contribution < 1.29 is 24.0 Å². The third-order valence-electron chi connectivity index (χ3n) is 7.79. The number of ether oxygens (including phenoxy) is 1. The smallest absolute Gasteiger partial charge is 0.335 e. The number of aryl methyl sites for hydroxylation is 1. The van der Waals surface area contributed by atoms with E-state index in [1.165, 1.54) is 0 Å². The highest BCUT2D eigenvalue weighted by atomic mass is 35.5. The van der Waals surface area contributed by atoms with Crippen LogP contribution in [-0.4, -0.2) is 34.3 Å². The Balaban J connectivity index is 1.21. The number of nitrogens with zero attached hydrogens (tertiary/aromatic N) is 2. The van der Waals surface area contributed by atoms with E-state index < -0.39 is 5.97 Å². The number of aromatic nitrogens is 1. The lowest BCUT2D eigenvalue weighted by molar-refractivity contribution is -0.126. The molecule has 2 heterocycles. The summed E-state index contributed by atoms with van der Waals surface area (Å²) in [6.07, 6.45) is 3.88. The molecule has 0 radical (unpaired) electrons. The highest BCUT2D eigenvalue weighted by Gasteiger charge is 2.52. The largest absolute Gasteiger partial charge is 0.478 e. The van der Waals surface area contributed by atoms with Crippen molar-refractivity contribution in [2.24, 2.45) is 5.92 Å². The van der Waals surface area contributed by atoms with Gasteiger partial charge in [0, 0.05) is 28.8 Å². The summed E-state index contributed by atoms with van der Waals surface area (Å²) in [6, 6.07) is 10.5. The van der Waals surface area contributed by atoms with Gasteiger partial charge in [-0.3, -0.25) is 4.79 Å². The van der Waals surface area contributed by atoms with Gasteiger partial charge < -0.3 is 19.3 Å². The minimum absolute atomic E-state index is 0.0192. The van der Waals surface area contributed by atoms with Gasteiger partial charge in [-0.05, 0) is 68.0 Å². The number of anilines is 1. The van der Waals surface area contributed by atoms with Crippen LogP contribution in [0.25, 0.3) is 11.3 Å². The minimum Gasteiger partial charge on any atom is -0.478 e. The van der Waals surface area contributed by atoms with E-state index in [0.29, 0.717) is 46.5 Å². The lowest BCUT2D eigenvalue weighted by Crippen LogP contribution is -2.43. The van der Waals surface area contributed by atoms with Crippen molar-refractivity contribution in [3.8, 4) is 11.3 Å². The molecule has 2 aliphatic carbocycles. The van der Waals surface area contributed by atoms with Crippen molar-refractivity contribution in [2.45, 2.75) is 63.7 Å². The molecule has 2 aromatic carbocycles. The number of carbonyl (C=O) groups excluding carboxylic acids is 1. The minimum atomic E-state index is -0.956. The van der Waals surface area contributed by atoms with E-state index in [1.54, 1.807) is 30.3 Å². The molecule has 3 aliphatic rings. The van der Waals surface area contributed by atoms with Crippen molar-refractivity contribution in [3.63, 3.8) is 0 Å². The summed E-state index contributed by atoms with van der Waals surface area (Å²) in [6.45, 7) is 2.18. The summed E-state index contributed by atoms with van der Waals surface area (Å²) in [7, 11) is 0. The lowest BCUT2D eigenvalue weighted by Gasteiger charge is -2.32. The molecule has 192 valence electrons. The summed E-state index contributed by atoms with van der Waals surface area (Å²) >= 11 is 12.9. The van der Waals surface area contributed by atoms with Crippen LogP contribution in [0.1, 0.15) is 65.8 Å². The fourth-order valence-corrected chi connectivity index (χ4v) is 6.37. The van der Waals surface area contributed by atoms with Gasteiger partial charge >= 0.3 is 5.97 Å². The van der Waals surface area contributed by atoms with E-state index in [0.717, 1.165) is 35.4 Å². The second kappa shape index (κ2) is 9.46. The van der Waals surface area contributed by atoms with Crippen molar-refractivity contribution in [2.75, 3.05) is 4.90 Å². The topological polar surface area (TPSA) is 92.9 Å². The predicted octanol–water partition coefficient (Wildman–Crippen LogP) is 6.50. The molecule has 1 saturated heterocycles. The molecule has 0 unspecified atom stereocenters. The first-order valence-corrected chi connectivity index (χ1v) is 13.4. The number of halogens is 2. The molecule has 37 heavy (non-hydrogen) atoms. The Morgan fingerprint density at radius 3 is 2.59 bits per heavy atom. The van der Waals surface area contributed by atoms with E-state index >= 15 is 0 Å². The molecule has 0 spiro atoms. The Hall–Kier alpha value is -2.87. The fraction of sp³-hybridized carbons (Fsp3) is 0.393. The lowest BCUT2D eigenvalue weighted by atomic mass is 10.0. The first-order valence-electron chi connectivity index (χ1n) is 12.6. The molecule has 1 aromatic heterocycles. The second-order valence-electron chi connectivity index (χ2n) is 10.0. The average Bonchev–Trinajstić information content (AvgIpc) is 3.38. The normalized spacial score (nSPS) is 22.7. The monoisotopic (exact) mass is 540 g/mol. The van der Waals surface area contributed by atoms with Crippen LogP contribution in [0.3, 0.4) is 0 Å². The molecular formula is C28H26Cl2N2O5. The van der Waals surface area contributed by atoms with Gasteiger partial charge in [-0.2, -0.15) is 0 Å². The maximum Gasteiger partial charge on any atom is 0.335 e. The van der Waals surface area contributed by atoms with E-state index in [2.05, 4.69) is 5.16 Å². The average molecular weight is 541 g/mol. The van der Waals surface area contributed by atoms with Crippen molar-refractivity contribution in [3.05, 3.63) is 68.9 Å². The molecule has 9 heteroatoms. The van der Waals surface area contributed by atoms with E-state index in [4.69, 9.17) is 32.5 Å². The number of fused-ring (bicyclic) bond motifs is 2. The molecule has 2 saturated carbocycles. The number of benzene rings is 2. The zero-order valence-electron chi connectivity index (χ0n) is 20.2. The van der Waals surface area contributed by atoms with Crippen LogP contribution in [-0.2, 0) is 22.6 Å². The van der Waals surface area contributed by atoms with Crippen molar-refractivity contribution in [1.82, 2.24) is 5.16 Å². The van der Waals surface area contributed by atoms with Crippen LogP contribution in [0.4, 0.5) is 5.69 Å². The maximum atomic E-state index is 13.4. The summed E-state index contributed by atoms with van der Waals surface area (Å²) in [5.41, 5.74) is 3.83. The molecule has 3 atom stereocenters. The Morgan fingerprint density at radius 1 is 1.19 bits per heavy atom. The Kier molecular flexibility index (Phi) is 6.25. The zero-order valence-corrected chi connectivity index (χ0v) is 21.8. The molecule has 3 aromatic rings. The van der Waals surface area contributed by atoms with E-state index in [1.807, 2.05) is 17.9 Å². The number of hydrogen-bond donors (Lipinski definition) is 1. The Bertz CT molecular complexity index is 1380. The molecule has 2 bridgehead atoms. The first kappa shape index (κ1) is 24.5. The fourth-order valence-electron chi connectivity index (χ4n) is 5.79. The molecule has 6 rings (SSSR count). The van der Waals surface area contributed by atoms with Gasteiger partial charge in [0.2, 0.25) is 5.91 Å². The number of carboxylic acid groups (broad SMARTS) is 1. The molecular weight excluding hydrogens is 515 g/mol. The van der Waals surface area contributed by atoms with Crippen LogP contribution >= 0.6 is 23.2 Å². The highest BCUT2D eigenvalue weighted by molar-refractivity contribution is 6.39. The van der Waals surface area contributed by atoms with Crippen LogP contribution in [0.5, 0.6) is 0 Å². The van der Waals surface area contributed by atoms with Gasteiger partial charge in [-0.15, -0.1) is 0 Å². The van der Waals surface area contributed by atoms with Gasteiger partial charge in [0.15, 0.2) is 0 Å². The number of carbonyl (C=O) groups is 2. The number of piperidine rings is 1. The van der Waals surface area contributed by atoms with Gasteiger partial charge in [0.25, 0.3) is 0 Å². The first-order chi connectivity index (χ1) is 17.9. The van der Waals surface area contributed by atoms with Gasteiger partial charge in [0.1, 0.15) is 11.5 Å². The van der Waals surface area contributed by atoms with Crippen LogP contribution in [0.15, 0.2) is 40.9 Å². The highest BCUT2D eigenvalue weighted by Crippen LogP contribution is 2.47. The van der Waals surface area contributed by atoms with Crippen LogP contribution in [0, 0.1) is 5.92 Å². The number of aromatic carboxylic acids is 1. The summed E-state index contributed by atoms with van der Waals surface area (Å²) in [5.74, 6) is -0.0466. The molecule has 1 amide bonds. The number of hydrogen-bond acceptors (Lipinski definition) is 5. The van der Waals surface area contributed by atoms with Gasteiger partial charge in [-0.1, -0.05) is 41.3 Å². The third kappa shape index (κ3) is 4.23. The van der Waals surface area contributed by atoms with E-state index in [-0.39, 0.29) is 36.1 Å². The van der Waals surface area contributed by atoms with Gasteiger partial charge in [-0.25, -0.2) is 4.79 Å².